The molecule has 2 heterocycles. The first-order chi connectivity index (χ1) is 10.8. The third-order valence-electron chi connectivity index (χ3n) is 5.33. The van der Waals surface area contributed by atoms with E-state index < -0.39 is 0 Å². The fourth-order valence-electron chi connectivity index (χ4n) is 3.57. The van der Waals surface area contributed by atoms with Gasteiger partial charge in [0, 0.05) is 30.6 Å². The van der Waals surface area contributed by atoms with Gasteiger partial charge in [0.25, 0.3) is 0 Å². The topological polar surface area (TPSA) is 33.2 Å². The normalized spacial score (nSPS) is 19.0. The van der Waals surface area contributed by atoms with Gasteiger partial charge in [0.2, 0.25) is 5.91 Å². The number of pyridine rings is 1. The maximum absolute atomic E-state index is 12.2. The van der Waals surface area contributed by atoms with Crippen molar-refractivity contribution in [2.24, 2.45) is 11.8 Å². The molecule has 3 heteroatoms. The van der Waals surface area contributed by atoms with Crippen LogP contribution in [-0.2, 0) is 11.2 Å². The van der Waals surface area contributed by atoms with Crippen LogP contribution in [0.4, 0.5) is 0 Å². The Morgan fingerprint density at radius 3 is 2.68 bits per heavy atom. The van der Waals surface area contributed by atoms with Gasteiger partial charge in [0.15, 0.2) is 0 Å². The van der Waals surface area contributed by atoms with Crippen molar-refractivity contribution in [2.45, 2.75) is 32.1 Å². The number of carbonyl (C=O) groups is 1. The van der Waals surface area contributed by atoms with Crippen LogP contribution in [0.15, 0.2) is 36.4 Å². The van der Waals surface area contributed by atoms with E-state index in [1.165, 1.54) is 19.3 Å². The van der Waals surface area contributed by atoms with Crippen molar-refractivity contribution >= 4 is 16.8 Å². The minimum atomic E-state index is 0.297. The third kappa shape index (κ3) is 2.60. The molecule has 3 nitrogen and oxygen atoms in total. The highest BCUT2D eigenvalue weighted by Crippen LogP contribution is 2.38. The zero-order valence-corrected chi connectivity index (χ0v) is 12.9. The van der Waals surface area contributed by atoms with E-state index in [0.717, 1.165) is 47.9 Å². The fraction of sp³-hybridized carbons (Fsp3) is 0.474. The molecule has 0 spiro atoms. The summed E-state index contributed by atoms with van der Waals surface area (Å²) in [7, 11) is 0. The zero-order valence-electron chi connectivity index (χ0n) is 12.9. The second-order valence-corrected chi connectivity index (χ2v) is 6.75. The van der Waals surface area contributed by atoms with E-state index in [9.17, 15) is 4.79 Å². The minimum Gasteiger partial charge on any atom is -0.342 e. The first-order valence-corrected chi connectivity index (χ1v) is 8.42. The van der Waals surface area contributed by atoms with Crippen LogP contribution in [0.5, 0.6) is 0 Å². The number of hydrogen-bond donors (Lipinski definition) is 0. The molecule has 0 radical (unpaired) electrons. The third-order valence-corrected chi connectivity index (χ3v) is 5.33. The van der Waals surface area contributed by atoms with Gasteiger partial charge in [-0.1, -0.05) is 43.5 Å². The van der Waals surface area contributed by atoms with Gasteiger partial charge in [-0.05, 0) is 30.4 Å². The van der Waals surface area contributed by atoms with Crippen LogP contribution in [0.3, 0.4) is 0 Å². The van der Waals surface area contributed by atoms with Gasteiger partial charge < -0.3 is 4.90 Å². The summed E-state index contributed by atoms with van der Waals surface area (Å²) in [6.45, 7) is 1.99. The molecule has 1 amide bonds. The average Bonchev–Trinajstić information content (AvgIpc) is 2.46. The van der Waals surface area contributed by atoms with Crippen LogP contribution >= 0.6 is 0 Å². The average molecular weight is 294 g/mol. The molecule has 1 aliphatic heterocycles. The molecule has 0 atom stereocenters. The smallest absolute Gasteiger partial charge is 0.222 e. The Hall–Kier alpha value is -1.90. The number of hydrogen-bond acceptors (Lipinski definition) is 2. The van der Waals surface area contributed by atoms with Crippen molar-refractivity contribution in [3.63, 3.8) is 0 Å². The van der Waals surface area contributed by atoms with E-state index in [1.54, 1.807) is 0 Å². The Morgan fingerprint density at radius 1 is 1.09 bits per heavy atom. The zero-order chi connectivity index (χ0) is 14.9. The van der Waals surface area contributed by atoms with E-state index in [0.29, 0.717) is 12.3 Å². The molecule has 2 aliphatic rings. The lowest BCUT2D eigenvalue weighted by Crippen LogP contribution is -2.53. The van der Waals surface area contributed by atoms with Gasteiger partial charge in [0.1, 0.15) is 0 Å². The first-order valence-electron chi connectivity index (χ1n) is 8.42. The molecule has 1 aliphatic carbocycles. The van der Waals surface area contributed by atoms with E-state index in [2.05, 4.69) is 17.1 Å². The van der Waals surface area contributed by atoms with Crippen LogP contribution in [0, 0.1) is 11.8 Å². The van der Waals surface area contributed by atoms with E-state index >= 15 is 0 Å². The molecule has 1 aromatic carbocycles. The van der Waals surface area contributed by atoms with Crippen LogP contribution in [-0.4, -0.2) is 28.9 Å². The van der Waals surface area contributed by atoms with Gasteiger partial charge in [-0.3, -0.25) is 9.78 Å². The summed E-state index contributed by atoms with van der Waals surface area (Å²) in [4.78, 5) is 18.9. The predicted molar refractivity (Wildman–Crippen MR) is 87.5 cm³/mol. The van der Waals surface area contributed by atoms with Gasteiger partial charge in [0.05, 0.1) is 5.52 Å². The molecule has 0 N–H and O–H groups in total. The molecule has 2 fully saturated rings. The Morgan fingerprint density at radius 2 is 1.91 bits per heavy atom. The van der Waals surface area contributed by atoms with Gasteiger partial charge in [-0.2, -0.15) is 0 Å². The summed E-state index contributed by atoms with van der Waals surface area (Å²) in [5, 5.41) is 1.16. The summed E-state index contributed by atoms with van der Waals surface area (Å²) in [5.74, 6) is 1.99. The minimum absolute atomic E-state index is 0.297. The van der Waals surface area contributed by atoms with Crippen LogP contribution in [0.2, 0.25) is 0 Å². The molecular formula is C19H22N2O. The Labute approximate surface area is 131 Å². The van der Waals surface area contributed by atoms with Gasteiger partial charge in [-0.15, -0.1) is 0 Å². The monoisotopic (exact) mass is 294 g/mol. The molecule has 1 saturated carbocycles. The molecule has 22 heavy (non-hydrogen) atoms. The number of nitrogens with zero attached hydrogens (tertiary/aromatic N) is 2. The Bertz CT molecular complexity index is 687. The molecular weight excluding hydrogens is 272 g/mol. The second-order valence-electron chi connectivity index (χ2n) is 6.75. The number of carbonyl (C=O) groups excluding carboxylic acids is 1. The molecule has 2 aromatic rings. The van der Waals surface area contributed by atoms with Crippen LogP contribution < -0.4 is 0 Å². The number of amides is 1. The molecule has 0 bridgehead atoms. The highest BCUT2D eigenvalue weighted by atomic mass is 16.2. The second kappa shape index (κ2) is 5.71. The van der Waals surface area contributed by atoms with Crippen molar-refractivity contribution in [1.29, 1.82) is 0 Å². The number of fused-ring (bicyclic) bond motifs is 1. The van der Waals surface area contributed by atoms with Gasteiger partial charge >= 0.3 is 0 Å². The molecule has 1 saturated heterocycles. The standard InChI is InChI=1S/C19H22N2O/c22-19(21-12-16(13-21)14-5-3-6-14)11-10-17-9-8-15-4-1-2-7-18(15)20-17/h1-2,4,7-9,14,16H,3,5-6,10-13H2. The van der Waals surface area contributed by atoms with Crippen LogP contribution in [0.25, 0.3) is 10.9 Å². The van der Waals surface area contributed by atoms with E-state index in [4.69, 9.17) is 0 Å². The molecule has 1 aromatic heterocycles. The van der Waals surface area contributed by atoms with Crippen molar-refractivity contribution in [2.75, 3.05) is 13.1 Å². The Kier molecular flexibility index (Phi) is 3.57. The number of likely N-dealkylation sites (tertiary alicyclic amines) is 1. The predicted octanol–water partition coefficient (Wildman–Crippen LogP) is 3.43. The summed E-state index contributed by atoms with van der Waals surface area (Å²) in [5.41, 5.74) is 2.03. The largest absolute Gasteiger partial charge is 0.342 e. The van der Waals surface area contributed by atoms with Crippen LogP contribution in [0.1, 0.15) is 31.4 Å². The fourth-order valence-corrected chi connectivity index (χ4v) is 3.57. The summed E-state index contributed by atoms with van der Waals surface area (Å²) >= 11 is 0. The first kappa shape index (κ1) is 13.7. The maximum Gasteiger partial charge on any atom is 0.222 e. The Balaban J connectivity index is 1.31. The lowest BCUT2D eigenvalue weighted by Gasteiger charge is -2.46. The number of para-hydroxylation sites is 1. The van der Waals surface area contributed by atoms with Crippen molar-refractivity contribution in [3.05, 3.63) is 42.1 Å². The highest BCUT2D eigenvalue weighted by molar-refractivity contribution is 5.79. The lowest BCUT2D eigenvalue weighted by molar-refractivity contribution is -0.139. The number of aryl methyl sites for hydroxylation is 1. The van der Waals surface area contributed by atoms with Gasteiger partial charge in [-0.25, -0.2) is 0 Å². The lowest BCUT2D eigenvalue weighted by atomic mass is 9.72. The summed E-state index contributed by atoms with van der Waals surface area (Å²) in [6.07, 6.45) is 5.49. The van der Waals surface area contributed by atoms with E-state index in [-0.39, 0.29) is 0 Å². The number of aromatic nitrogens is 1. The molecule has 4 rings (SSSR count). The SMILES string of the molecule is O=C(CCc1ccc2ccccc2n1)N1CC(C2CCC2)C1. The highest BCUT2D eigenvalue weighted by Gasteiger charge is 2.37. The van der Waals surface area contributed by atoms with E-state index in [1.807, 2.05) is 29.2 Å². The van der Waals surface area contributed by atoms with Crippen molar-refractivity contribution < 1.29 is 4.79 Å². The summed E-state index contributed by atoms with van der Waals surface area (Å²) < 4.78 is 0. The maximum atomic E-state index is 12.2. The number of rotatable bonds is 4. The van der Waals surface area contributed by atoms with Crippen molar-refractivity contribution in [1.82, 2.24) is 9.88 Å². The molecule has 114 valence electrons. The summed E-state index contributed by atoms with van der Waals surface area (Å²) in [6, 6.07) is 12.3. The van der Waals surface area contributed by atoms with Crippen molar-refractivity contribution in [3.8, 4) is 0 Å². The quantitative estimate of drug-likeness (QED) is 0.865. The molecule has 0 unspecified atom stereocenters. The number of benzene rings is 1.